The molecule has 0 aliphatic rings. The highest BCUT2D eigenvalue weighted by Gasteiger charge is 2.10. The van der Waals surface area contributed by atoms with E-state index in [0.717, 1.165) is 16.2 Å². The Balaban J connectivity index is 2.17. The van der Waals surface area contributed by atoms with E-state index in [4.69, 9.17) is 10.6 Å². The van der Waals surface area contributed by atoms with Crippen molar-refractivity contribution >= 4 is 17.7 Å². The van der Waals surface area contributed by atoms with Crippen molar-refractivity contribution in [1.29, 1.82) is 0 Å². The zero-order valence-corrected chi connectivity index (χ0v) is 11.9. The summed E-state index contributed by atoms with van der Waals surface area (Å²) in [4.78, 5) is 12.7. The van der Waals surface area contributed by atoms with Crippen molar-refractivity contribution in [2.45, 2.75) is 11.5 Å². The number of carbonyl (C=O) groups is 1. The molecule has 0 aliphatic carbocycles. The summed E-state index contributed by atoms with van der Waals surface area (Å²) >= 11 is 1.62. The van der Waals surface area contributed by atoms with Crippen LogP contribution in [0.1, 0.15) is 15.9 Å². The zero-order valence-electron chi connectivity index (χ0n) is 11.1. The first-order valence-electron chi connectivity index (χ1n) is 6.11. The molecule has 4 nitrogen and oxygen atoms in total. The molecule has 2 aromatic carbocycles. The van der Waals surface area contributed by atoms with Crippen molar-refractivity contribution in [3.63, 3.8) is 0 Å². The first kappa shape index (κ1) is 14.4. The van der Waals surface area contributed by atoms with E-state index in [9.17, 15) is 4.79 Å². The third kappa shape index (κ3) is 3.31. The second-order valence-corrected chi connectivity index (χ2v) is 4.92. The summed E-state index contributed by atoms with van der Waals surface area (Å²) in [6.45, 7) is 0.321. The smallest absolute Gasteiger partial charge is 0.265 e. The third-order valence-corrected chi connectivity index (χ3v) is 3.62. The van der Waals surface area contributed by atoms with Gasteiger partial charge in [-0.25, -0.2) is 5.84 Å². The molecule has 0 aliphatic heterocycles. The van der Waals surface area contributed by atoms with Crippen molar-refractivity contribution in [3.05, 3.63) is 59.7 Å². The van der Waals surface area contributed by atoms with E-state index in [0.29, 0.717) is 12.2 Å². The highest BCUT2D eigenvalue weighted by atomic mass is 32.2. The number of ether oxygens (including phenoxy) is 1. The van der Waals surface area contributed by atoms with Gasteiger partial charge in [0.1, 0.15) is 12.4 Å². The molecule has 0 radical (unpaired) electrons. The van der Waals surface area contributed by atoms with Crippen LogP contribution in [-0.4, -0.2) is 12.2 Å². The largest absolute Gasteiger partial charge is 0.488 e. The van der Waals surface area contributed by atoms with Crippen LogP contribution in [0.5, 0.6) is 5.75 Å². The molecule has 0 saturated heterocycles. The Bertz CT molecular complexity index is 602. The summed E-state index contributed by atoms with van der Waals surface area (Å²) in [6.07, 6.45) is 2.00. The summed E-state index contributed by atoms with van der Waals surface area (Å²) in [5.74, 6) is 5.67. The van der Waals surface area contributed by atoms with Gasteiger partial charge in [-0.05, 0) is 24.5 Å². The summed E-state index contributed by atoms with van der Waals surface area (Å²) in [5.41, 5.74) is 3.47. The van der Waals surface area contributed by atoms with Crippen LogP contribution in [0.25, 0.3) is 0 Å². The number of rotatable bonds is 5. The van der Waals surface area contributed by atoms with Gasteiger partial charge in [-0.15, -0.1) is 11.8 Å². The highest BCUT2D eigenvalue weighted by molar-refractivity contribution is 7.98. The van der Waals surface area contributed by atoms with Gasteiger partial charge < -0.3 is 4.74 Å². The van der Waals surface area contributed by atoms with Gasteiger partial charge >= 0.3 is 0 Å². The number of nitrogen functional groups attached to an aromatic ring is 1. The number of benzene rings is 2. The minimum Gasteiger partial charge on any atom is -0.488 e. The minimum atomic E-state index is -0.317. The molecule has 0 spiro atoms. The molecule has 104 valence electrons. The molecule has 0 heterocycles. The van der Waals surface area contributed by atoms with Crippen molar-refractivity contribution in [1.82, 2.24) is 5.43 Å². The van der Waals surface area contributed by atoms with Crippen molar-refractivity contribution in [2.24, 2.45) is 5.84 Å². The topological polar surface area (TPSA) is 64.3 Å². The van der Waals surface area contributed by atoms with Gasteiger partial charge in [-0.2, -0.15) is 0 Å². The number of carbonyl (C=O) groups excluding carboxylic acids is 1. The van der Waals surface area contributed by atoms with Gasteiger partial charge in [0.05, 0.1) is 0 Å². The van der Waals surface area contributed by atoms with E-state index in [2.05, 4.69) is 5.43 Å². The Morgan fingerprint density at radius 1 is 1.20 bits per heavy atom. The molecule has 5 heteroatoms. The molecule has 0 fully saturated rings. The molecule has 1 amide bonds. The molecule has 2 aromatic rings. The number of hydrogen-bond donors (Lipinski definition) is 2. The van der Waals surface area contributed by atoms with Crippen LogP contribution in [0.3, 0.4) is 0 Å². The quantitative estimate of drug-likeness (QED) is 0.384. The van der Waals surface area contributed by atoms with E-state index in [1.807, 2.05) is 42.7 Å². The lowest BCUT2D eigenvalue weighted by molar-refractivity contribution is 0.0951. The Labute approximate surface area is 122 Å². The predicted molar refractivity (Wildman–Crippen MR) is 80.7 cm³/mol. The molecule has 0 saturated carbocycles. The lowest BCUT2D eigenvalue weighted by atomic mass is 10.1. The first-order valence-corrected chi connectivity index (χ1v) is 7.33. The standard InChI is InChI=1S/C15H16N2O2S/c1-20-14-9-5-4-8-13(14)19-10-11-6-2-3-7-12(11)15(18)17-16/h2-9H,10,16H2,1H3,(H,17,18). The van der Waals surface area contributed by atoms with Crippen molar-refractivity contribution in [3.8, 4) is 5.75 Å². The number of nitrogens with two attached hydrogens (primary N) is 1. The number of hydrazine groups is 1. The summed E-state index contributed by atoms with van der Waals surface area (Å²) in [6, 6.07) is 15.0. The second kappa shape index (κ2) is 6.98. The number of thioether (sulfide) groups is 1. The van der Waals surface area contributed by atoms with Gasteiger partial charge in [0.15, 0.2) is 0 Å². The number of amides is 1. The van der Waals surface area contributed by atoms with Crippen LogP contribution >= 0.6 is 11.8 Å². The first-order chi connectivity index (χ1) is 9.76. The molecule has 0 atom stereocenters. The van der Waals surface area contributed by atoms with Crippen LogP contribution in [-0.2, 0) is 6.61 Å². The molecular formula is C15H16N2O2S. The van der Waals surface area contributed by atoms with E-state index in [1.54, 1.807) is 23.9 Å². The normalized spacial score (nSPS) is 10.1. The molecule has 3 N–H and O–H groups in total. The molecule has 0 aromatic heterocycles. The van der Waals surface area contributed by atoms with E-state index < -0.39 is 0 Å². The minimum absolute atomic E-state index is 0.317. The lowest BCUT2D eigenvalue weighted by Gasteiger charge is -2.12. The fraction of sp³-hybridized carbons (Fsp3) is 0.133. The molecule has 20 heavy (non-hydrogen) atoms. The average molecular weight is 288 g/mol. The van der Waals surface area contributed by atoms with Gasteiger partial charge in [0.25, 0.3) is 5.91 Å². The van der Waals surface area contributed by atoms with Crippen LogP contribution in [0.4, 0.5) is 0 Å². The summed E-state index contributed by atoms with van der Waals surface area (Å²) in [5, 5.41) is 0. The molecule has 2 rings (SSSR count). The number of para-hydroxylation sites is 1. The number of hydrogen-bond acceptors (Lipinski definition) is 4. The maximum absolute atomic E-state index is 11.7. The molecule has 0 unspecified atom stereocenters. The van der Waals surface area contributed by atoms with E-state index >= 15 is 0 Å². The van der Waals surface area contributed by atoms with Crippen LogP contribution in [0.2, 0.25) is 0 Å². The van der Waals surface area contributed by atoms with E-state index in [1.165, 1.54) is 0 Å². The Kier molecular flexibility index (Phi) is 5.03. The Hall–Kier alpha value is -1.98. The summed E-state index contributed by atoms with van der Waals surface area (Å²) < 4.78 is 5.81. The lowest BCUT2D eigenvalue weighted by Crippen LogP contribution is -2.30. The number of nitrogens with one attached hydrogen (secondary N) is 1. The second-order valence-electron chi connectivity index (χ2n) is 4.07. The van der Waals surface area contributed by atoms with Gasteiger partial charge in [-0.1, -0.05) is 30.3 Å². The van der Waals surface area contributed by atoms with E-state index in [-0.39, 0.29) is 5.91 Å². The maximum atomic E-state index is 11.7. The Morgan fingerprint density at radius 2 is 1.90 bits per heavy atom. The maximum Gasteiger partial charge on any atom is 0.265 e. The zero-order chi connectivity index (χ0) is 14.4. The third-order valence-electron chi connectivity index (χ3n) is 2.85. The van der Waals surface area contributed by atoms with Crippen molar-refractivity contribution in [2.75, 3.05) is 6.26 Å². The van der Waals surface area contributed by atoms with Gasteiger partial charge in [0.2, 0.25) is 0 Å². The van der Waals surface area contributed by atoms with Crippen molar-refractivity contribution < 1.29 is 9.53 Å². The SMILES string of the molecule is CSc1ccccc1OCc1ccccc1C(=O)NN. The highest BCUT2D eigenvalue weighted by Crippen LogP contribution is 2.27. The van der Waals surface area contributed by atoms with Gasteiger partial charge in [0, 0.05) is 16.0 Å². The fourth-order valence-corrected chi connectivity index (χ4v) is 2.38. The van der Waals surface area contributed by atoms with Crippen LogP contribution in [0, 0.1) is 0 Å². The van der Waals surface area contributed by atoms with Crippen LogP contribution < -0.4 is 16.0 Å². The molecule has 0 bridgehead atoms. The summed E-state index contributed by atoms with van der Waals surface area (Å²) in [7, 11) is 0. The molecular weight excluding hydrogens is 272 g/mol. The fourth-order valence-electron chi connectivity index (χ4n) is 1.84. The monoisotopic (exact) mass is 288 g/mol. The van der Waals surface area contributed by atoms with Gasteiger partial charge in [-0.3, -0.25) is 10.2 Å². The predicted octanol–water partition coefficient (Wildman–Crippen LogP) is 2.59. The average Bonchev–Trinajstić information content (AvgIpc) is 2.52. The van der Waals surface area contributed by atoms with Crippen LogP contribution in [0.15, 0.2) is 53.4 Å². The Morgan fingerprint density at radius 3 is 2.65 bits per heavy atom.